The lowest BCUT2D eigenvalue weighted by Crippen LogP contribution is -2.28. The summed E-state index contributed by atoms with van der Waals surface area (Å²) in [6.45, 7) is 2.75. The SMILES string of the molecule is Cc1cccc(=O)n1CCC(=O)NCc1cncn1C1CC1. The van der Waals surface area contributed by atoms with Gasteiger partial charge in [-0.3, -0.25) is 9.59 Å². The minimum atomic E-state index is -0.0698. The zero-order chi connectivity index (χ0) is 15.5. The van der Waals surface area contributed by atoms with Gasteiger partial charge in [-0.2, -0.15) is 0 Å². The zero-order valence-corrected chi connectivity index (χ0v) is 12.7. The average molecular weight is 300 g/mol. The van der Waals surface area contributed by atoms with Crippen LogP contribution in [0.3, 0.4) is 0 Å². The Kier molecular flexibility index (Phi) is 4.09. The molecule has 3 rings (SSSR count). The van der Waals surface area contributed by atoms with Crippen LogP contribution in [0, 0.1) is 6.92 Å². The highest BCUT2D eigenvalue weighted by atomic mass is 16.1. The van der Waals surface area contributed by atoms with Gasteiger partial charge >= 0.3 is 0 Å². The van der Waals surface area contributed by atoms with Crippen LogP contribution >= 0.6 is 0 Å². The van der Waals surface area contributed by atoms with E-state index >= 15 is 0 Å². The third-order valence-corrected chi connectivity index (χ3v) is 3.98. The lowest BCUT2D eigenvalue weighted by Gasteiger charge is -2.10. The van der Waals surface area contributed by atoms with E-state index < -0.39 is 0 Å². The average Bonchev–Trinajstić information content (AvgIpc) is 3.23. The topological polar surface area (TPSA) is 68.9 Å². The number of nitrogens with zero attached hydrogens (tertiary/aromatic N) is 3. The lowest BCUT2D eigenvalue weighted by atomic mass is 10.3. The van der Waals surface area contributed by atoms with E-state index in [1.807, 2.05) is 19.3 Å². The second-order valence-corrected chi connectivity index (χ2v) is 5.71. The van der Waals surface area contributed by atoms with Crippen LogP contribution in [0.1, 0.15) is 36.7 Å². The van der Waals surface area contributed by atoms with Gasteiger partial charge in [0, 0.05) is 37.0 Å². The second-order valence-electron chi connectivity index (χ2n) is 5.71. The first kappa shape index (κ1) is 14.6. The number of hydrogen-bond acceptors (Lipinski definition) is 3. The summed E-state index contributed by atoms with van der Waals surface area (Å²) in [6.07, 6.45) is 6.29. The fourth-order valence-corrected chi connectivity index (χ4v) is 2.55. The van der Waals surface area contributed by atoms with Crippen molar-refractivity contribution >= 4 is 5.91 Å². The number of carbonyl (C=O) groups excluding carboxylic acids is 1. The first-order valence-electron chi connectivity index (χ1n) is 7.59. The van der Waals surface area contributed by atoms with Crippen LogP contribution in [0.2, 0.25) is 0 Å². The first-order chi connectivity index (χ1) is 10.6. The van der Waals surface area contributed by atoms with E-state index in [9.17, 15) is 9.59 Å². The Morgan fingerprint density at radius 2 is 2.23 bits per heavy atom. The van der Waals surface area contributed by atoms with E-state index in [0.29, 0.717) is 25.6 Å². The molecule has 6 heteroatoms. The van der Waals surface area contributed by atoms with Crippen LogP contribution < -0.4 is 10.9 Å². The van der Waals surface area contributed by atoms with Gasteiger partial charge in [-0.1, -0.05) is 6.07 Å². The fourth-order valence-electron chi connectivity index (χ4n) is 2.55. The molecule has 0 aliphatic heterocycles. The Hall–Kier alpha value is -2.37. The molecule has 0 bridgehead atoms. The van der Waals surface area contributed by atoms with Crippen molar-refractivity contribution in [3.8, 4) is 0 Å². The minimum Gasteiger partial charge on any atom is -0.350 e. The van der Waals surface area contributed by atoms with Crippen LogP contribution in [-0.4, -0.2) is 20.0 Å². The van der Waals surface area contributed by atoms with Gasteiger partial charge < -0.3 is 14.5 Å². The van der Waals surface area contributed by atoms with Gasteiger partial charge in [0.15, 0.2) is 0 Å². The Labute approximate surface area is 128 Å². The maximum absolute atomic E-state index is 12.0. The molecule has 0 aromatic carbocycles. The molecule has 0 saturated heterocycles. The van der Waals surface area contributed by atoms with Crippen molar-refractivity contribution in [1.82, 2.24) is 19.4 Å². The van der Waals surface area contributed by atoms with Crippen molar-refractivity contribution in [2.24, 2.45) is 0 Å². The molecule has 6 nitrogen and oxygen atoms in total. The molecule has 0 spiro atoms. The van der Waals surface area contributed by atoms with Gasteiger partial charge in [0.05, 0.1) is 18.6 Å². The first-order valence-corrected chi connectivity index (χ1v) is 7.59. The van der Waals surface area contributed by atoms with Crippen LogP contribution in [0.5, 0.6) is 0 Å². The molecular formula is C16H20N4O2. The smallest absolute Gasteiger partial charge is 0.250 e. The van der Waals surface area contributed by atoms with Crippen molar-refractivity contribution in [3.63, 3.8) is 0 Å². The van der Waals surface area contributed by atoms with Crippen LogP contribution in [0.4, 0.5) is 0 Å². The minimum absolute atomic E-state index is 0.0568. The molecule has 2 aromatic heterocycles. The summed E-state index contributed by atoms with van der Waals surface area (Å²) >= 11 is 0. The highest BCUT2D eigenvalue weighted by Crippen LogP contribution is 2.35. The molecule has 0 unspecified atom stereocenters. The molecule has 0 radical (unpaired) electrons. The summed E-state index contributed by atoms with van der Waals surface area (Å²) < 4.78 is 3.75. The van der Waals surface area contributed by atoms with E-state index in [2.05, 4.69) is 14.9 Å². The molecule has 2 heterocycles. The summed E-state index contributed by atoms with van der Waals surface area (Å²) in [5.41, 5.74) is 1.83. The highest BCUT2D eigenvalue weighted by molar-refractivity contribution is 5.75. The Bertz CT molecular complexity index is 728. The number of nitrogens with one attached hydrogen (secondary N) is 1. The Morgan fingerprint density at radius 3 is 2.95 bits per heavy atom. The van der Waals surface area contributed by atoms with Gasteiger partial charge in [-0.25, -0.2) is 4.98 Å². The molecule has 1 fully saturated rings. The predicted molar refractivity (Wildman–Crippen MR) is 82.4 cm³/mol. The fraction of sp³-hybridized carbons (Fsp3) is 0.438. The number of rotatable bonds is 6. The van der Waals surface area contributed by atoms with Gasteiger partial charge in [0.2, 0.25) is 5.91 Å². The third-order valence-electron chi connectivity index (χ3n) is 3.98. The van der Waals surface area contributed by atoms with Crippen LogP contribution in [-0.2, 0) is 17.9 Å². The maximum atomic E-state index is 12.0. The zero-order valence-electron chi connectivity index (χ0n) is 12.7. The third kappa shape index (κ3) is 3.27. The van der Waals surface area contributed by atoms with Crippen molar-refractivity contribution in [2.75, 3.05) is 0 Å². The molecule has 1 amide bonds. The van der Waals surface area contributed by atoms with Gasteiger partial charge in [0.25, 0.3) is 5.56 Å². The van der Waals surface area contributed by atoms with E-state index in [0.717, 1.165) is 11.4 Å². The van der Waals surface area contributed by atoms with Crippen molar-refractivity contribution in [2.45, 2.75) is 45.3 Å². The van der Waals surface area contributed by atoms with E-state index in [-0.39, 0.29) is 11.5 Å². The molecule has 1 saturated carbocycles. The van der Waals surface area contributed by atoms with E-state index in [1.165, 1.54) is 18.9 Å². The summed E-state index contributed by atoms with van der Waals surface area (Å²) in [4.78, 5) is 27.9. The molecule has 1 aliphatic carbocycles. The number of hydrogen-bond donors (Lipinski definition) is 1. The molecule has 22 heavy (non-hydrogen) atoms. The lowest BCUT2D eigenvalue weighted by molar-refractivity contribution is -0.121. The molecule has 1 aliphatic rings. The highest BCUT2D eigenvalue weighted by Gasteiger charge is 2.25. The predicted octanol–water partition coefficient (Wildman–Crippen LogP) is 1.39. The van der Waals surface area contributed by atoms with Gasteiger partial charge in [0.1, 0.15) is 0 Å². The number of pyridine rings is 1. The quantitative estimate of drug-likeness (QED) is 0.876. The van der Waals surface area contributed by atoms with E-state index in [4.69, 9.17) is 0 Å². The maximum Gasteiger partial charge on any atom is 0.250 e. The van der Waals surface area contributed by atoms with Gasteiger partial charge in [-0.05, 0) is 25.8 Å². The molecule has 0 atom stereocenters. The summed E-state index contributed by atoms with van der Waals surface area (Å²) in [7, 11) is 0. The van der Waals surface area contributed by atoms with Gasteiger partial charge in [-0.15, -0.1) is 0 Å². The Balaban J connectivity index is 1.52. The number of carbonyl (C=O) groups is 1. The Morgan fingerprint density at radius 1 is 1.41 bits per heavy atom. The van der Waals surface area contributed by atoms with Crippen LogP contribution in [0.15, 0.2) is 35.5 Å². The summed E-state index contributed by atoms with van der Waals surface area (Å²) in [5.74, 6) is -0.0568. The molecular weight excluding hydrogens is 280 g/mol. The molecule has 2 aromatic rings. The van der Waals surface area contributed by atoms with Crippen molar-refractivity contribution in [3.05, 3.63) is 52.5 Å². The molecule has 116 valence electrons. The number of imidazole rings is 1. The summed E-state index contributed by atoms with van der Waals surface area (Å²) in [6, 6.07) is 5.67. The van der Waals surface area contributed by atoms with Crippen LogP contribution in [0.25, 0.3) is 0 Å². The monoisotopic (exact) mass is 300 g/mol. The largest absolute Gasteiger partial charge is 0.350 e. The van der Waals surface area contributed by atoms with Crippen molar-refractivity contribution < 1.29 is 4.79 Å². The number of aryl methyl sites for hydroxylation is 1. The normalized spacial score (nSPS) is 14.0. The number of aromatic nitrogens is 3. The number of amides is 1. The van der Waals surface area contributed by atoms with Crippen molar-refractivity contribution in [1.29, 1.82) is 0 Å². The molecule has 1 N–H and O–H groups in total. The second kappa shape index (κ2) is 6.17. The standard InChI is InChI=1S/C16H20N4O2/c1-12-3-2-4-16(22)19(12)8-7-15(21)18-10-14-9-17-11-20(14)13-5-6-13/h2-4,9,11,13H,5-8,10H2,1H3,(H,18,21). The summed E-state index contributed by atoms with van der Waals surface area (Å²) in [5, 5.41) is 2.90. The van der Waals surface area contributed by atoms with E-state index in [1.54, 1.807) is 16.8 Å².